The standard InChI is InChI=1S/C19H26N2O6/c1-12-8-21(9-13(2)26-12)18(23)14(3)27-19(24)15-7-17(22)20(10-15)11-16-5-4-6-25-16/h4-6,12-15H,7-11H2,1-3H3/t12-,13-,14-,15-/m1/s1. The maximum absolute atomic E-state index is 12.6. The van der Waals surface area contributed by atoms with Crippen molar-refractivity contribution in [2.24, 2.45) is 5.92 Å². The maximum Gasteiger partial charge on any atom is 0.312 e. The third-order valence-corrected chi connectivity index (χ3v) is 4.85. The highest BCUT2D eigenvalue weighted by Crippen LogP contribution is 2.22. The summed E-state index contributed by atoms with van der Waals surface area (Å²) in [4.78, 5) is 40.4. The fraction of sp³-hybridized carbons (Fsp3) is 0.632. The van der Waals surface area contributed by atoms with Crippen LogP contribution < -0.4 is 0 Å². The van der Waals surface area contributed by atoms with Crippen molar-refractivity contribution < 1.29 is 28.3 Å². The van der Waals surface area contributed by atoms with Gasteiger partial charge >= 0.3 is 5.97 Å². The lowest BCUT2D eigenvalue weighted by Gasteiger charge is -2.36. The lowest BCUT2D eigenvalue weighted by atomic mass is 10.1. The minimum Gasteiger partial charge on any atom is -0.467 e. The van der Waals surface area contributed by atoms with Crippen molar-refractivity contribution in [3.8, 4) is 0 Å². The number of morpholine rings is 1. The third kappa shape index (κ3) is 4.68. The largest absolute Gasteiger partial charge is 0.467 e. The van der Waals surface area contributed by atoms with Crippen LogP contribution in [0.3, 0.4) is 0 Å². The van der Waals surface area contributed by atoms with Crippen molar-refractivity contribution in [1.82, 2.24) is 9.80 Å². The lowest BCUT2D eigenvalue weighted by molar-refractivity contribution is -0.166. The summed E-state index contributed by atoms with van der Waals surface area (Å²) in [5.41, 5.74) is 0. The molecular weight excluding hydrogens is 352 g/mol. The molecule has 2 aliphatic rings. The van der Waals surface area contributed by atoms with Crippen LogP contribution in [0.2, 0.25) is 0 Å². The molecule has 2 fully saturated rings. The number of nitrogens with zero attached hydrogens (tertiary/aromatic N) is 2. The molecule has 0 unspecified atom stereocenters. The number of hydrogen-bond acceptors (Lipinski definition) is 6. The van der Waals surface area contributed by atoms with Crippen molar-refractivity contribution in [1.29, 1.82) is 0 Å². The summed E-state index contributed by atoms with van der Waals surface area (Å²) >= 11 is 0. The van der Waals surface area contributed by atoms with Gasteiger partial charge < -0.3 is 23.7 Å². The van der Waals surface area contributed by atoms with E-state index in [1.54, 1.807) is 35.1 Å². The first kappa shape index (κ1) is 19.4. The first-order valence-electron chi connectivity index (χ1n) is 9.28. The van der Waals surface area contributed by atoms with Gasteiger partial charge in [0.2, 0.25) is 5.91 Å². The summed E-state index contributed by atoms with van der Waals surface area (Å²) in [5, 5.41) is 0. The van der Waals surface area contributed by atoms with Crippen LogP contribution in [-0.2, 0) is 30.4 Å². The summed E-state index contributed by atoms with van der Waals surface area (Å²) in [6, 6.07) is 3.53. The van der Waals surface area contributed by atoms with E-state index in [0.29, 0.717) is 25.4 Å². The van der Waals surface area contributed by atoms with Crippen LogP contribution in [0.4, 0.5) is 0 Å². The molecule has 0 spiro atoms. The molecular formula is C19H26N2O6. The van der Waals surface area contributed by atoms with Crippen molar-refractivity contribution in [3.63, 3.8) is 0 Å². The van der Waals surface area contributed by atoms with E-state index in [1.165, 1.54) is 0 Å². The van der Waals surface area contributed by atoms with E-state index >= 15 is 0 Å². The van der Waals surface area contributed by atoms with Crippen LogP contribution in [0.1, 0.15) is 33.0 Å². The summed E-state index contributed by atoms with van der Waals surface area (Å²) in [6.45, 7) is 6.93. The predicted octanol–water partition coefficient (Wildman–Crippen LogP) is 1.20. The number of ether oxygens (including phenoxy) is 2. The molecule has 2 amide bonds. The zero-order chi connectivity index (χ0) is 19.6. The zero-order valence-electron chi connectivity index (χ0n) is 15.9. The van der Waals surface area contributed by atoms with E-state index in [0.717, 1.165) is 0 Å². The maximum atomic E-state index is 12.6. The topological polar surface area (TPSA) is 89.3 Å². The molecule has 0 radical (unpaired) electrons. The van der Waals surface area contributed by atoms with Gasteiger partial charge in [-0.15, -0.1) is 0 Å². The van der Waals surface area contributed by atoms with Crippen LogP contribution in [0.25, 0.3) is 0 Å². The Labute approximate surface area is 158 Å². The highest BCUT2D eigenvalue weighted by Gasteiger charge is 2.38. The average molecular weight is 378 g/mol. The molecule has 2 saturated heterocycles. The molecule has 0 saturated carbocycles. The molecule has 2 aliphatic heterocycles. The first-order chi connectivity index (χ1) is 12.8. The second-order valence-corrected chi connectivity index (χ2v) is 7.33. The van der Waals surface area contributed by atoms with Crippen molar-refractivity contribution in [2.45, 2.75) is 52.0 Å². The van der Waals surface area contributed by atoms with E-state index in [9.17, 15) is 14.4 Å². The first-order valence-corrected chi connectivity index (χ1v) is 9.28. The number of carbonyl (C=O) groups excluding carboxylic acids is 3. The molecule has 0 aliphatic carbocycles. The molecule has 4 atom stereocenters. The van der Waals surface area contributed by atoms with Gasteiger partial charge in [0.05, 0.1) is 30.9 Å². The van der Waals surface area contributed by atoms with Crippen LogP contribution in [-0.4, -0.2) is 65.5 Å². The SMILES string of the molecule is C[C@@H]1CN(C(=O)[C@@H](C)OC(=O)[C@@H]2CC(=O)N(Cc3ccco3)C2)C[C@@H](C)O1. The van der Waals surface area contributed by atoms with Gasteiger partial charge in [-0.25, -0.2) is 0 Å². The van der Waals surface area contributed by atoms with E-state index in [2.05, 4.69) is 0 Å². The molecule has 0 aromatic carbocycles. The Morgan fingerprint density at radius 3 is 2.59 bits per heavy atom. The molecule has 1 aromatic rings. The Hall–Kier alpha value is -2.35. The second-order valence-electron chi connectivity index (χ2n) is 7.33. The number of esters is 1. The molecule has 3 heterocycles. The average Bonchev–Trinajstić information content (AvgIpc) is 3.24. The van der Waals surface area contributed by atoms with Crippen molar-refractivity contribution in [2.75, 3.05) is 19.6 Å². The second kappa shape index (κ2) is 8.12. The zero-order valence-corrected chi connectivity index (χ0v) is 15.9. The summed E-state index contributed by atoms with van der Waals surface area (Å²) in [6.07, 6.45) is 0.643. The molecule has 3 rings (SSSR count). The third-order valence-electron chi connectivity index (χ3n) is 4.85. The molecule has 27 heavy (non-hydrogen) atoms. The fourth-order valence-electron chi connectivity index (χ4n) is 3.61. The van der Waals surface area contributed by atoms with Gasteiger partial charge in [0.15, 0.2) is 6.10 Å². The number of rotatable bonds is 5. The van der Waals surface area contributed by atoms with Crippen LogP contribution in [0.5, 0.6) is 0 Å². The fourth-order valence-corrected chi connectivity index (χ4v) is 3.61. The minimum absolute atomic E-state index is 0.0526. The Bertz CT molecular complexity index is 678. The number of hydrogen-bond donors (Lipinski definition) is 0. The van der Waals surface area contributed by atoms with E-state index < -0.39 is 18.0 Å². The molecule has 148 valence electrons. The van der Waals surface area contributed by atoms with E-state index in [-0.39, 0.29) is 37.0 Å². The summed E-state index contributed by atoms with van der Waals surface area (Å²) in [5.74, 6) is -0.771. The normalized spacial score (nSPS) is 26.9. The van der Waals surface area contributed by atoms with E-state index in [1.807, 2.05) is 13.8 Å². The Morgan fingerprint density at radius 2 is 1.96 bits per heavy atom. The Morgan fingerprint density at radius 1 is 1.26 bits per heavy atom. The van der Waals surface area contributed by atoms with E-state index in [4.69, 9.17) is 13.9 Å². The highest BCUT2D eigenvalue weighted by molar-refractivity contribution is 5.89. The van der Waals surface area contributed by atoms with Crippen molar-refractivity contribution >= 4 is 17.8 Å². The number of amides is 2. The Balaban J connectivity index is 1.52. The quantitative estimate of drug-likeness (QED) is 0.715. The molecule has 0 N–H and O–H groups in total. The lowest BCUT2D eigenvalue weighted by Crippen LogP contribution is -2.51. The van der Waals surface area contributed by atoms with Crippen LogP contribution in [0, 0.1) is 5.92 Å². The number of carbonyl (C=O) groups is 3. The van der Waals surface area contributed by atoms with Gasteiger partial charge in [-0.1, -0.05) is 0 Å². The van der Waals surface area contributed by atoms with Crippen LogP contribution >= 0.6 is 0 Å². The van der Waals surface area contributed by atoms with Gasteiger partial charge in [-0.3, -0.25) is 14.4 Å². The Kier molecular flexibility index (Phi) is 5.84. The molecule has 8 nitrogen and oxygen atoms in total. The van der Waals surface area contributed by atoms with Gasteiger partial charge in [0.1, 0.15) is 5.76 Å². The molecule has 1 aromatic heterocycles. The smallest absolute Gasteiger partial charge is 0.312 e. The van der Waals surface area contributed by atoms with Gasteiger partial charge in [-0.05, 0) is 32.9 Å². The number of furan rings is 1. The highest BCUT2D eigenvalue weighted by atomic mass is 16.5. The summed E-state index contributed by atoms with van der Waals surface area (Å²) in [7, 11) is 0. The summed E-state index contributed by atoms with van der Waals surface area (Å²) < 4.78 is 16.3. The number of likely N-dealkylation sites (tertiary alicyclic amines) is 1. The predicted molar refractivity (Wildman–Crippen MR) is 94.4 cm³/mol. The molecule has 8 heteroatoms. The molecule has 0 bridgehead atoms. The monoisotopic (exact) mass is 378 g/mol. The van der Waals surface area contributed by atoms with Gasteiger partial charge in [0.25, 0.3) is 5.91 Å². The van der Waals surface area contributed by atoms with Gasteiger partial charge in [-0.2, -0.15) is 0 Å². The van der Waals surface area contributed by atoms with Gasteiger partial charge in [0, 0.05) is 26.1 Å². The van der Waals surface area contributed by atoms with Crippen molar-refractivity contribution in [3.05, 3.63) is 24.2 Å². The minimum atomic E-state index is -0.885. The van der Waals surface area contributed by atoms with Crippen LogP contribution in [0.15, 0.2) is 22.8 Å².